The Kier molecular flexibility index (Phi) is 7.03. The van der Waals surface area contributed by atoms with Crippen molar-refractivity contribution >= 4 is 23.1 Å². The summed E-state index contributed by atoms with van der Waals surface area (Å²) in [4.78, 5) is 27.4. The van der Waals surface area contributed by atoms with Crippen LogP contribution in [0.15, 0.2) is 48.2 Å². The molecule has 1 N–H and O–H groups in total. The molecule has 32 heavy (non-hydrogen) atoms. The van der Waals surface area contributed by atoms with Crippen LogP contribution in [0.4, 0.5) is 18.9 Å². The number of rotatable bonds is 8. The van der Waals surface area contributed by atoms with Crippen molar-refractivity contribution < 1.29 is 27.5 Å². The number of hydrogen-bond acceptors (Lipinski definition) is 4. The molecule has 0 spiro atoms. The topological polar surface area (TPSA) is 58.6 Å². The molecule has 0 bridgehead atoms. The summed E-state index contributed by atoms with van der Waals surface area (Å²) in [5, 5.41) is 2.78. The number of aryl methyl sites for hydroxylation is 2. The first-order valence-corrected chi connectivity index (χ1v) is 10.3. The van der Waals surface area contributed by atoms with E-state index in [-0.39, 0.29) is 23.5 Å². The van der Waals surface area contributed by atoms with Crippen LogP contribution in [0.25, 0.3) is 5.57 Å². The molecule has 0 aromatic heterocycles. The number of alkyl halides is 3. The molecule has 1 aliphatic rings. The number of carbonyl (C=O) groups is 2. The SMILES string of the molecule is CCOCCCN1C(=O)C(Nc2cccc(C(F)(F)F)c2)=C(c2ccc(C)c(C)c2)C1=O. The monoisotopic (exact) mass is 446 g/mol. The van der Waals surface area contributed by atoms with Crippen molar-refractivity contribution in [2.24, 2.45) is 0 Å². The number of nitrogens with zero attached hydrogens (tertiary/aromatic N) is 1. The molecule has 0 unspecified atom stereocenters. The lowest BCUT2D eigenvalue weighted by Crippen LogP contribution is -2.34. The summed E-state index contributed by atoms with van der Waals surface area (Å²) in [6.07, 6.45) is -4.06. The van der Waals surface area contributed by atoms with E-state index in [4.69, 9.17) is 4.74 Å². The normalized spacial score (nSPS) is 14.5. The maximum atomic E-state index is 13.2. The molecule has 1 aliphatic heterocycles. The lowest BCUT2D eigenvalue weighted by Gasteiger charge is -2.15. The Hall–Kier alpha value is -3.13. The lowest BCUT2D eigenvalue weighted by atomic mass is 9.99. The molecular weight excluding hydrogens is 421 g/mol. The van der Waals surface area contributed by atoms with Crippen molar-refractivity contribution in [1.82, 2.24) is 4.90 Å². The van der Waals surface area contributed by atoms with Crippen molar-refractivity contribution in [3.05, 3.63) is 70.4 Å². The van der Waals surface area contributed by atoms with E-state index in [1.807, 2.05) is 26.8 Å². The number of amides is 2. The predicted octanol–water partition coefficient (Wildman–Crippen LogP) is 4.94. The molecule has 0 fully saturated rings. The van der Waals surface area contributed by atoms with Gasteiger partial charge in [-0.3, -0.25) is 14.5 Å². The molecule has 1 heterocycles. The maximum absolute atomic E-state index is 13.2. The van der Waals surface area contributed by atoms with E-state index in [9.17, 15) is 22.8 Å². The predicted molar refractivity (Wildman–Crippen MR) is 116 cm³/mol. The fourth-order valence-corrected chi connectivity index (χ4v) is 3.45. The van der Waals surface area contributed by atoms with Crippen LogP contribution in [-0.4, -0.2) is 36.5 Å². The minimum absolute atomic E-state index is 0.0333. The number of nitrogens with one attached hydrogen (secondary N) is 1. The highest BCUT2D eigenvalue weighted by Gasteiger charge is 2.39. The Balaban J connectivity index is 2.00. The van der Waals surface area contributed by atoms with E-state index in [1.165, 1.54) is 12.1 Å². The molecule has 0 saturated carbocycles. The van der Waals surface area contributed by atoms with Gasteiger partial charge in [0.15, 0.2) is 0 Å². The quantitative estimate of drug-likeness (QED) is 0.461. The molecule has 0 saturated heterocycles. The van der Waals surface area contributed by atoms with Crippen LogP contribution in [0.5, 0.6) is 0 Å². The summed E-state index contributed by atoms with van der Waals surface area (Å²) in [6, 6.07) is 9.92. The van der Waals surface area contributed by atoms with Gasteiger partial charge >= 0.3 is 6.18 Å². The van der Waals surface area contributed by atoms with Crippen LogP contribution in [0.3, 0.4) is 0 Å². The molecule has 2 aromatic rings. The molecule has 3 rings (SSSR count). The lowest BCUT2D eigenvalue weighted by molar-refractivity contribution is -0.138. The van der Waals surface area contributed by atoms with Gasteiger partial charge in [0.2, 0.25) is 0 Å². The minimum atomic E-state index is -4.52. The van der Waals surface area contributed by atoms with Crippen LogP contribution in [0.2, 0.25) is 0 Å². The number of imide groups is 1. The zero-order valence-electron chi connectivity index (χ0n) is 18.2. The summed E-state index contributed by atoms with van der Waals surface area (Å²) in [5.41, 5.74) is 1.83. The number of benzene rings is 2. The Morgan fingerprint density at radius 2 is 1.75 bits per heavy atom. The highest BCUT2D eigenvalue weighted by molar-refractivity contribution is 6.36. The van der Waals surface area contributed by atoms with Crippen LogP contribution < -0.4 is 5.32 Å². The van der Waals surface area contributed by atoms with Crippen LogP contribution in [0, 0.1) is 13.8 Å². The minimum Gasteiger partial charge on any atom is -0.382 e. The molecule has 8 heteroatoms. The molecule has 170 valence electrons. The number of carbonyl (C=O) groups excluding carboxylic acids is 2. The third-order valence-electron chi connectivity index (χ3n) is 5.30. The van der Waals surface area contributed by atoms with Gasteiger partial charge in [0.25, 0.3) is 11.8 Å². The smallest absolute Gasteiger partial charge is 0.382 e. The van der Waals surface area contributed by atoms with Gasteiger partial charge in [-0.1, -0.05) is 24.3 Å². The number of anilines is 1. The van der Waals surface area contributed by atoms with Crippen molar-refractivity contribution in [3.63, 3.8) is 0 Å². The van der Waals surface area contributed by atoms with Gasteiger partial charge in [0.05, 0.1) is 11.1 Å². The zero-order valence-corrected chi connectivity index (χ0v) is 18.2. The molecule has 0 atom stereocenters. The van der Waals surface area contributed by atoms with Crippen molar-refractivity contribution in [2.75, 3.05) is 25.1 Å². The number of halogens is 3. The van der Waals surface area contributed by atoms with Gasteiger partial charge < -0.3 is 10.1 Å². The third-order valence-corrected chi connectivity index (χ3v) is 5.30. The molecule has 5 nitrogen and oxygen atoms in total. The summed E-state index contributed by atoms with van der Waals surface area (Å²) in [7, 11) is 0. The second kappa shape index (κ2) is 9.56. The van der Waals surface area contributed by atoms with Crippen LogP contribution >= 0.6 is 0 Å². The van der Waals surface area contributed by atoms with Gasteiger partial charge in [0.1, 0.15) is 5.70 Å². The van der Waals surface area contributed by atoms with Crippen LogP contribution in [0.1, 0.15) is 35.6 Å². The van der Waals surface area contributed by atoms with Gasteiger partial charge in [-0.2, -0.15) is 13.2 Å². The van der Waals surface area contributed by atoms with E-state index in [0.717, 1.165) is 28.2 Å². The number of hydrogen-bond donors (Lipinski definition) is 1. The van der Waals surface area contributed by atoms with E-state index in [0.29, 0.717) is 25.2 Å². The first-order chi connectivity index (χ1) is 15.1. The average molecular weight is 446 g/mol. The van der Waals surface area contributed by atoms with Gasteiger partial charge in [-0.15, -0.1) is 0 Å². The van der Waals surface area contributed by atoms with Crippen molar-refractivity contribution in [3.8, 4) is 0 Å². The second-order valence-corrected chi connectivity index (χ2v) is 7.57. The fraction of sp³-hybridized carbons (Fsp3) is 0.333. The van der Waals surface area contributed by atoms with Crippen LogP contribution in [-0.2, 0) is 20.5 Å². The molecule has 0 radical (unpaired) electrons. The largest absolute Gasteiger partial charge is 0.416 e. The highest BCUT2D eigenvalue weighted by atomic mass is 19.4. The molecule has 0 aliphatic carbocycles. The van der Waals surface area contributed by atoms with Gasteiger partial charge in [0, 0.05) is 25.4 Å². The van der Waals surface area contributed by atoms with E-state index in [2.05, 4.69) is 5.32 Å². The van der Waals surface area contributed by atoms with Crippen molar-refractivity contribution in [1.29, 1.82) is 0 Å². The first kappa shape index (κ1) is 23.5. The van der Waals surface area contributed by atoms with E-state index < -0.39 is 23.6 Å². The van der Waals surface area contributed by atoms with Gasteiger partial charge in [-0.05, 0) is 62.1 Å². The third kappa shape index (κ3) is 5.02. The highest BCUT2D eigenvalue weighted by Crippen LogP contribution is 2.34. The van der Waals surface area contributed by atoms with Crippen molar-refractivity contribution in [2.45, 2.75) is 33.4 Å². The molecular formula is C24H25F3N2O3. The molecule has 2 aromatic carbocycles. The Bertz CT molecular complexity index is 1060. The van der Waals surface area contributed by atoms with Gasteiger partial charge in [-0.25, -0.2) is 0 Å². The summed E-state index contributed by atoms with van der Waals surface area (Å²) >= 11 is 0. The van der Waals surface area contributed by atoms with E-state index >= 15 is 0 Å². The van der Waals surface area contributed by atoms with E-state index in [1.54, 1.807) is 12.1 Å². The average Bonchev–Trinajstić information content (AvgIpc) is 2.97. The Morgan fingerprint density at radius 3 is 2.41 bits per heavy atom. The maximum Gasteiger partial charge on any atom is 0.416 e. The second-order valence-electron chi connectivity index (χ2n) is 7.57. The first-order valence-electron chi connectivity index (χ1n) is 10.3. The summed E-state index contributed by atoms with van der Waals surface area (Å²) < 4.78 is 44.7. The molecule has 2 amide bonds. The Morgan fingerprint density at radius 1 is 1.00 bits per heavy atom. The zero-order chi connectivity index (χ0) is 23.5. The number of ether oxygens (including phenoxy) is 1. The fourth-order valence-electron chi connectivity index (χ4n) is 3.45. The summed E-state index contributed by atoms with van der Waals surface area (Å²) in [6.45, 7) is 6.74. The Labute approximate surface area is 184 Å². The standard InChI is InChI=1S/C24H25F3N2O3/c1-4-32-12-6-11-29-22(30)20(17-10-9-15(2)16(3)13-17)21(23(29)31)28-19-8-5-7-18(14-19)24(25,26)27/h5,7-10,13-14,28H,4,6,11-12H2,1-3H3. The summed E-state index contributed by atoms with van der Waals surface area (Å²) in [5.74, 6) is -1.05.